The number of ether oxygens (including phenoxy) is 1. The van der Waals surface area contributed by atoms with Gasteiger partial charge in [0.25, 0.3) is 0 Å². The van der Waals surface area contributed by atoms with Gasteiger partial charge in [-0.05, 0) is 41.8 Å². The topological polar surface area (TPSA) is 34.1 Å². The number of methoxy groups -OCH3 is 1. The number of pyridine rings is 1. The van der Waals surface area contributed by atoms with E-state index in [4.69, 9.17) is 4.74 Å². The first kappa shape index (κ1) is 11.3. The molecule has 94 valence electrons. The highest BCUT2D eigenvalue weighted by atomic mass is 16.5. The number of anilines is 1. The fraction of sp³-hybridized carbons (Fsp3) is 0.400. The molecule has 0 spiro atoms. The summed E-state index contributed by atoms with van der Waals surface area (Å²) in [6, 6.07) is 8.12. The van der Waals surface area contributed by atoms with Crippen molar-refractivity contribution in [3.8, 4) is 5.75 Å². The van der Waals surface area contributed by atoms with E-state index in [1.54, 1.807) is 7.11 Å². The maximum atomic E-state index is 5.28. The van der Waals surface area contributed by atoms with Gasteiger partial charge < -0.3 is 10.1 Å². The van der Waals surface area contributed by atoms with E-state index in [2.05, 4.69) is 23.3 Å². The van der Waals surface area contributed by atoms with E-state index in [-0.39, 0.29) is 0 Å². The van der Waals surface area contributed by atoms with Crippen LogP contribution in [0.25, 0.3) is 10.8 Å². The molecule has 2 unspecified atom stereocenters. The van der Waals surface area contributed by atoms with Gasteiger partial charge in [0, 0.05) is 18.1 Å². The number of rotatable bonds is 4. The molecule has 18 heavy (non-hydrogen) atoms. The van der Waals surface area contributed by atoms with Gasteiger partial charge in [0.1, 0.15) is 11.6 Å². The van der Waals surface area contributed by atoms with Crippen molar-refractivity contribution in [2.24, 2.45) is 11.8 Å². The molecule has 1 N–H and O–H groups in total. The highest BCUT2D eigenvalue weighted by molar-refractivity contribution is 5.92. The van der Waals surface area contributed by atoms with Crippen LogP contribution in [0.2, 0.25) is 0 Å². The molecule has 0 aliphatic heterocycles. The van der Waals surface area contributed by atoms with Crippen molar-refractivity contribution in [3.63, 3.8) is 0 Å². The standard InChI is InChI=1S/C15H18N2O/c1-10-7-12(10)9-17-15-14-8-13(18-2)4-3-11(14)5-6-16-15/h3-6,8,10,12H,7,9H2,1-2H3,(H,16,17). The Morgan fingerprint density at radius 2 is 2.22 bits per heavy atom. The van der Waals surface area contributed by atoms with Crippen molar-refractivity contribution >= 4 is 16.6 Å². The van der Waals surface area contributed by atoms with Gasteiger partial charge in [-0.15, -0.1) is 0 Å². The van der Waals surface area contributed by atoms with Gasteiger partial charge in [-0.25, -0.2) is 4.98 Å². The van der Waals surface area contributed by atoms with E-state index >= 15 is 0 Å². The number of hydrogen-bond acceptors (Lipinski definition) is 3. The Labute approximate surface area is 107 Å². The molecule has 1 aromatic heterocycles. The van der Waals surface area contributed by atoms with Crippen molar-refractivity contribution < 1.29 is 4.74 Å². The van der Waals surface area contributed by atoms with E-state index in [1.165, 1.54) is 11.8 Å². The smallest absolute Gasteiger partial charge is 0.133 e. The van der Waals surface area contributed by atoms with Crippen molar-refractivity contribution in [1.82, 2.24) is 4.98 Å². The minimum absolute atomic E-state index is 0.813. The molecule has 1 aliphatic carbocycles. The van der Waals surface area contributed by atoms with Crippen molar-refractivity contribution in [3.05, 3.63) is 30.5 Å². The van der Waals surface area contributed by atoms with E-state index in [0.717, 1.165) is 35.3 Å². The molecule has 1 heterocycles. The number of hydrogen-bond donors (Lipinski definition) is 1. The summed E-state index contributed by atoms with van der Waals surface area (Å²) in [6.07, 6.45) is 3.19. The number of nitrogens with one attached hydrogen (secondary N) is 1. The summed E-state index contributed by atoms with van der Waals surface area (Å²) in [5.41, 5.74) is 0. The van der Waals surface area contributed by atoms with Gasteiger partial charge in [-0.3, -0.25) is 0 Å². The van der Waals surface area contributed by atoms with Crippen LogP contribution in [-0.4, -0.2) is 18.6 Å². The van der Waals surface area contributed by atoms with Gasteiger partial charge in [0.2, 0.25) is 0 Å². The van der Waals surface area contributed by atoms with Crippen molar-refractivity contribution in [2.45, 2.75) is 13.3 Å². The zero-order valence-corrected chi connectivity index (χ0v) is 10.8. The first-order valence-electron chi connectivity index (χ1n) is 6.44. The van der Waals surface area contributed by atoms with Crippen LogP contribution in [-0.2, 0) is 0 Å². The Balaban J connectivity index is 1.89. The zero-order chi connectivity index (χ0) is 12.5. The second-order valence-corrected chi connectivity index (χ2v) is 5.10. The fourth-order valence-corrected chi connectivity index (χ4v) is 2.33. The molecule has 1 aromatic carbocycles. The summed E-state index contributed by atoms with van der Waals surface area (Å²) < 4.78 is 5.28. The number of aromatic nitrogens is 1. The molecule has 0 radical (unpaired) electrons. The Morgan fingerprint density at radius 1 is 1.39 bits per heavy atom. The van der Waals surface area contributed by atoms with Crippen LogP contribution in [0.1, 0.15) is 13.3 Å². The second-order valence-electron chi connectivity index (χ2n) is 5.10. The van der Waals surface area contributed by atoms with E-state index < -0.39 is 0 Å². The lowest BCUT2D eigenvalue weighted by atomic mass is 10.1. The summed E-state index contributed by atoms with van der Waals surface area (Å²) in [5, 5.41) is 5.79. The van der Waals surface area contributed by atoms with Gasteiger partial charge >= 0.3 is 0 Å². The Kier molecular flexibility index (Phi) is 2.82. The molecular formula is C15H18N2O. The van der Waals surface area contributed by atoms with Crippen LogP contribution >= 0.6 is 0 Å². The molecule has 2 aromatic rings. The molecular weight excluding hydrogens is 224 g/mol. The Morgan fingerprint density at radius 3 is 2.94 bits per heavy atom. The predicted octanol–water partition coefficient (Wildman–Crippen LogP) is 3.31. The number of nitrogens with zero attached hydrogens (tertiary/aromatic N) is 1. The summed E-state index contributed by atoms with van der Waals surface area (Å²) in [5.74, 6) is 3.51. The molecule has 1 fully saturated rings. The SMILES string of the molecule is COc1ccc2ccnc(NCC3CC3C)c2c1. The normalized spacial score (nSPS) is 21.9. The van der Waals surface area contributed by atoms with Gasteiger partial charge in [0.05, 0.1) is 7.11 Å². The number of fused-ring (bicyclic) bond motifs is 1. The second kappa shape index (κ2) is 4.48. The van der Waals surface area contributed by atoms with E-state index in [9.17, 15) is 0 Å². The van der Waals surface area contributed by atoms with Gasteiger partial charge in [0.15, 0.2) is 0 Å². The molecule has 3 heteroatoms. The van der Waals surface area contributed by atoms with E-state index in [1.807, 2.05) is 24.4 Å². The summed E-state index contributed by atoms with van der Waals surface area (Å²) in [6.45, 7) is 3.32. The molecule has 0 bridgehead atoms. The fourth-order valence-electron chi connectivity index (χ4n) is 2.33. The quantitative estimate of drug-likeness (QED) is 0.893. The Hall–Kier alpha value is -1.77. The molecule has 2 atom stereocenters. The maximum Gasteiger partial charge on any atom is 0.133 e. The summed E-state index contributed by atoms with van der Waals surface area (Å²) >= 11 is 0. The van der Waals surface area contributed by atoms with Gasteiger partial charge in [-0.1, -0.05) is 13.0 Å². The third-order valence-corrected chi connectivity index (χ3v) is 3.78. The minimum atomic E-state index is 0.813. The highest BCUT2D eigenvalue weighted by Gasteiger charge is 2.32. The molecule has 3 rings (SSSR count). The third kappa shape index (κ3) is 2.13. The molecule has 3 nitrogen and oxygen atoms in total. The van der Waals surface area contributed by atoms with Crippen molar-refractivity contribution in [2.75, 3.05) is 19.0 Å². The van der Waals surface area contributed by atoms with E-state index in [0.29, 0.717) is 0 Å². The molecule has 0 saturated heterocycles. The largest absolute Gasteiger partial charge is 0.497 e. The molecule has 0 amide bonds. The van der Waals surface area contributed by atoms with Crippen LogP contribution in [0.5, 0.6) is 5.75 Å². The molecule has 1 aliphatic rings. The zero-order valence-electron chi connectivity index (χ0n) is 10.8. The molecule has 1 saturated carbocycles. The average Bonchev–Trinajstić information content (AvgIpc) is 3.11. The third-order valence-electron chi connectivity index (χ3n) is 3.78. The predicted molar refractivity (Wildman–Crippen MR) is 74.1 cm³/mol. The maximum absolute atomic E-state index is 5.28. The van der Waals surface area contributed by atoms with Crippen LogP contribution in [0, 0.1) is 11.8 Å². The van der Waals surface area contributed by atoms with Crippen LogP contribution in [0.3, 0.4) is 0 Å². The highest BCUT2D eigenvalue weighted by Crippen LogP contribution is 2.37. The average molecular weight is 242 g/mol. The first-order valence-corrected chi connectivity index (χ1v) is 6.44. The first-order chi connectivity index (χ1) is 8.78. The lowest BCUT2D eigenvalue weighted by Crippen LogP contribution is -2.06. The van der Waals surface area contributed by atoms with Crippen LogP contribution in [0.4, 0.5) is 5.82 Å². The van der Waals surface area contributed by atoms with Crippen LogP contribution < -0.4 is 10.1 Å². The minimum Gasteiger partial charge on any atom is -0.497 e. The van der Waals surface area contributed by atoms with Gasteiger partial charge in [-0.2, -0.15) is 0 Å². The monoisotopic (exact) mass is 242 g/mol. The lowest BCUT2D eigenvalue weighted by molar-refractivity contribution is 0.415. The Bertz CT molecular complexity index is 567. The van der Waals surface area contributed by atoms with Crippen molar-refractivity contribution in [1.29, 1.82) is 0 Å². The van der Waals surface area contributed by atoms with Crippen LogP contribution in [0.15, 0.2) is 30.5 Å². The summed E-state index contributed by atoms with van der Waals surface area (Å²) in [4.78, 5) is 4.44. The summed E-state index contributed by atoms with van der Waals surface area (Å²) in [7, 11) is 1.69. The number of benzene rings is 1. The lowest BCUT2D eigenvalue weighted by Gasteiger charge is -2.09.